The minimum absolute atomic E-state index is 0.0238. The monoisotopic (exact) mass is 456 g/mol. The Hall–Kier alpha value is -4.21. The Morgan fingerprint density at radius 1 is 0.788 bits per heavy atom. The normalized spacial score (nSPS) is 15.5. The topological polar surface area (TPSA) is 130 Å². The highest BCUT2D eigenvalue weighted by Crippen LogP contribution is 2.18. The van der Waals surface area contributed by atoms with Gasteiger partial charge in [0, 0.05) is 49.6 Å². The zero-order chi connectivity index (χ0) is 24.7. The summed E-state index contributed by atoms with van der Waals surface area (Å²) in [6.07, 6.45) is 5.06. The van der Waals surface area contributed by atoms with Crippen molar-refractivity contribution in [1.29, 1.82) is 0 Å². The summed E-state index contributed by atoms with van der Waals surface area (Å²) in [7, 11) is 0. The lowest BCUT2D eigenvalue weighted by atomic mass is 10.3. The van der Waals surface area contributed by atoms with E-state index in [2.05, 4.69) is 23.9 Å². The summed E-state index contributed by atoms with van der Waals surface area (Å²) in [5, 5.41) is 10.4. The van der Waals surface area contributed by atoms with Crippen LogP contribution in [0.1, 0.15) is 40.0 Å². The molecule has 0 saturated carbocycles. The summed E-state index contributed by atoms with van der Waals surface area (Å²) in [5.41, 5.74) is -3.05. The maximum absolute atomic E-state index is 12.6. The maximum atomic E-state index is 12.6. The molecule has 1 aromatic rings. The molecule has 174 valence electrons. The van der Waals surface area contributed by atoms with Gasteiger partial charge in [0.2, 0.25) is 6.35 Å². The first kappa shape index (κ1) is 25.1. The van der Waals surface area contributed by atoms with Crippen molar-refractivity contribution < 1.29 is 14.7 Å². The second-order valence-electron chi connectivity index (χ2n) is 6.90. The first-order chi connectivity index (χ1) is 15.7. The second-order valence-corrected chi connectivity index (χ2v) is 6.90. The van der Waals surface area contributed by atoms with Gasteiger partial charge >= 0.3 is 29.1 Å². The summed E-state index contributed by atoms with van der Waals surface area (Å²) in [5.74, 6) is 4.53. The summed E-state index contributed by atoms with van der Waals surface area (Å²) in [6, 6.07) is 5.01. The average Bonchev–Trinajstić information content (AvgIpc) is 2.79. The molecule has 1 aliphatic heterocycles. The van der Waals surface area contributed by atoms with Gasteiger partial charge in [-0.05, 0) is 19.3 Å². The molecule has 2 heterocycles. The molecular formula is C21H24N6O6. The number of amides is 4. The maximum Gasteiger partial charge on any atom is 0.360 e. The van der Waals surface area contributed by atoms with Crippen molar-refractivity contribution in [3.63, 3.8) is 0 Å². The summed E-state index contributed by atoms with van der Waals surface area (Å²) in [4.78, 5) is 64.9. The Morgan fingerprint density at radius 2 is 1.36 bits per heavy atom. The van der Waals surface area contributed by atoms with Crippen LogP contribution in [-0.2, 0) is 6.54 Å². The highest BCUT2D eigenvalue weighted by Gasteiger charge is 2.42. The van der Waals surface area contributed by atoms with E-state index in [0.717, 1.165) is 19.3 Å². The fraction of sp³-hybridized carbons (Fsp3) is 0.476. The Bertz CT molecular complexity index is 1280. The Labute approximate surface area is 189 Å². The van der Waals surface area contributed by atoms with Crippen molar-refractivity contribution in [2.75, 3.05) is 13.1 Å². The zero-order valence-electron chi connectivity index (χ0n) is 18.6. The molecule has 1 atom stereocenters. The number of hydrogen-bond donors (Lipinski definition) is 1. The first-order valence-corrected chi connectivity index (χ1v) is 10.3. The highest BCUT2D eigenvalue weighted by atomic mass is 16.3. The molecule has 0 radical (unpaired) electrons. The average molecular weight is 456 g/mol. The van der Waals surface area contributed by atoms with E-state index in [0.29, 0.717) is 28.4 Å². The van der Waals surface area contributed by atoms with Crippen molar-refractivity contribution in [3.8, 4) is 36.4 Å². The predicted molar refractivity (Wildman–Crippen MR) is 117 cm³/mol. The summed E-state index contributed by atoms with van der Waals surface area (Å²) < 4.78 is 1.63. The molecule has 1 unspecified atom stereocenters. The van der Waals surface area contributed by atoms with Crippen molar-refractivity contribution >= 4 is 12.1 Å². The van der Waals surface area contributed by atoms with Crippen LogP contribution in [0.3, 0.4) is 0 Å². The van der Waals surface area contributed by atoms with E-state index in [4.69, 9.17) is 6.42 Å². The van der Waals surface area contributed by atoms with Gasteiger partial charge in [0.15, 0.2) is 0 Å². The molecule has 1 saturated heterocycles. The van der Waals surface area contributed by atoms with Crippen LogP contribution in [0.4, 0.5) is 9.59 Å². The molecular weight excluding hydrogens is 432 g/mol. The lowest BCUT2D eigenvalue weighted by Gasteiger charge is -2.41. The number of carbonyl (C=O) groups excluding carboxylic acids is 2. The van der Waals surface area contributed by atoms with Gasteiger partial charge in [-0.15, -0.1) is 0 Å². The number of carbonyl (C=O) groups is 2. The number of aromatic nitrogens is 3. The van der Waals surface area contributed by atoms with E-state index in [1.165, 1.54) is 0 Å². The van der Waals surface area contributed by atoms with Gasteiger partial charge in [-0.1, -0.05) is 27.2 Å². The fourth-order valence-corrected chi connectivity index (χ4v) is 3.06. The first-order valence-electron chi connectivity index (χ1n) is 10.3. The molecule has 0 aliphatic carbocycles. The summed E-state index contributed by atoms with van der Waals surface area (Å²) >= 11 is 0. The van der Waals surface area contributed by atoms with Gasteiger partial charge < -0.3 is 5.11 Å². The van der Waals surface area contributed by atoms with Gasteiger partial charge in [-0.25, -0.2) is 38.3 Å². The number of hydrogen-bond acceptors (Lipinski definition) is 6. The number of aliphatic hydroxyl groups excluding tert-OH is 1. The lowest BCUT2D eigenvalue weighted by molar-refractivity contribution is -0.0695. The molecule has 12 nitrogen and oxygen atoms in total. The highest BCUT2D eigenvalue weighted by molar-refractivity contribution is 5.96. The number of urea groups is 2. The van der Waals surface area contributed by atoms with Gasteiger partial charge in [-0.3, -0.25) is 4.90 Å². The zero-order valence-corrected chi connectivity index (χ0v) is 18.6. The third-order valence-electron chi connectivity index (χ3n) is 4.54. The third-order valence-corrected chi connectivity index (χ3v) is 4.54. The molecule has 1 aromatic heterocycles. The van der Waals surface area contributed by atoms with E-state index < -0.39 is 35.5 Å². The van der Waals surface area contributed by atoms with Crippen molar-refractivity contribution in [2.45, 2.75) is 52.9 Å². The third kappa shape index (κ3) is 4.84. The lowest BCUT2D eigenvalue weighted by Crippen LogP contribution is -2.65. The van der Waals surface area contributed by atoms with Gasteiger partial charge in [0.25, 0.3) is 0 Å². The second kappa shape index (κ2) is 10.9. The molecule has 0 spiro atoms. The smallest absolute Gasteiger partial charge is 0.355 e. The molecule has 0 bridgehead atoms. The van der Waals surface area contributed by atoms with Crippen LogP contribution in [0.2, 0.25) is 0 Å². The molecule has 0 aromatic carbocycles. The van der Waals surface area contributed by atoms with Gasteiger partial charge in [0.1, 0.15) is 0 Å². The molecule has 1 fully saturated rings. The minimum Gasteiger partial charge on any atom is -0.355 e. The van der Waals surface area contributed by atoms with Crippen LogP contribution in [0.15, 0.2) is 14.4 Å². The Kier molecular flexibility index (Phi) is 8.27. The largest absolute Gasteiger partial charge is 0.360 e. The number of nitrogens with zero attached hydrogens (tertiary/aromatic N) is 6. The predicted octanol–water partition coefficient (Wildman–Crippen LogP) is -0.954. The van der Waals surface area contributed by atoms with Crippen LogP contribution in [0, 0.1) is 36.4 Å². The number of terminal acetylenes is 1. The molecule has 4 amide bonds. The van der Waals surface area contributed by atoms with Crippen molar-refractivity contribution in [1.82, 2.24) is 28.4 Å². The fourth-order valence-electron chi connectivity index (χ4n) is 3.06. The van der Waals surface area contributed by atoms with Gasteiger partial charge in [-0.2, -0.15) is 9.13 Å². The van der Waals surface area contributed by atoms with E-state index in [1.54, 1.807) is 20.8 Å². The van der Waals surface area contributed by atoms with Crippen LogP contribution in [0.25, 0.3) is 0 Å². The minimum atomic E-state index is -1.62. The number of rotatable bonds is 6. The molecule has 1 aliphatic rings. The standard InChI is InChI=1S/C21H24N6O6/c1-5-11-23-16(28)22(8-4)17(29)26(19(23)31)14-9-10-15-27-20(32)24(12-6-2)18(30)25(13-7-3)21(27)33/h4,20,32H,5-7,11-13H2,1-3H3. The van der Waals surface area contributed by atoms with Crippen molar-refractivity contribution in [2.24, 2.45) is 0 Å². The summed E-state index contributed by atoms with van der Waals surface area (Å²) in [6.45, 7) is 5.67. The van der Waals surface area contributed by atoms with E-state index in [9.17, 15) is 29.1 Å². The molecule has 2 rings (SSSR count). The number of imide groups is 1. The SMILES string of the molecule is C#Cn1c(=O)n(C#CC#CN2C(=O)N(CCC)C(=O)N(CCC)C2O)c(=O)n(CCC)c1=O. The van der Waals surface area contributed by atoms with Crippen LogP contribution >= 0.6 is 0 Å². The Morgan fingerprint density at radius 3 is 1.94 bits per heavy atom. The number of aliphatic hydroxyl groups is 1. The van der Waals surface area contributed by atoms with Crippen LogP contribution in [-0.4, -0.2) is 65.0 Å². The van der Waals surface area contributed by atoms with E-state index in [1.807, 2.05) is 6.04 Å². The molecule has 12 heteroatoms. The quantitative estimate of drug-likeness (QED) is 0.549. The van der Waals surface area contributed by atoms with E-state index in [-0.39, 0.29) is 19.6 Å². The van der Waals surface area contributed by atoms with E-state index >= 15 is 0 Å². The van der Waals surface area contributed by atoms with Gasteiger partial charge in [0.05, 0.1) is 0 Å². The Balaban J connectivity index is 2.49. The molecule has 33 heavy (non-hydrogen) atoms. The van der Waals surface area contributed by atoms with Crippen LogP contribution < -0.4 is 17.1 Å². The van der Waals surface area contributed by atoms with Crippen molar-refractivity contribution in [3.05, 3.63) is 31.5 Å². The van der Waals surface area contributed by atoms with Crippen LogP contribution in [0.5, 0.6) is 0 Å². The molecule has 1 N–H and O–H groups in total.